The van der Waals surface area contributed by atoms with Crippen molar-refractivity contribution in [3.8, 4) is 0 Å². The monoisotopic (exact) mass is 303 g/mol. The van der Waals surface area contributed by atoms with Gasteiger partial charge in [-0.1, -0.05) is 20.8 Å². The predicted molar refractivity (Wildman–Crippen MR) is 85.7 cm³/mol. The van der Waals surface area contributed by atoms with Crippen LogP contribution < -0.4 is 5.56 Å². The second kappa shape index (κ2) is 5.39. The molecule has 21 heavy (non-hydrogen) atoms. The summed E-state index contributed by atoms with van der Waals surface area (Å²) in [6.07, 6.45) is 0.784. The fourth-order valence-electron chi connectivity index (χ4n) is 2.62. The smallest absolute Gasteiger partial charge is 0.254 e. The average molecular weight is 303 g/mol. The van der Waals surface area contributed by atoms with Gasteiger partial charge in [0.1, 0.15) is 5.82 Å². The largest absolute Gasteiger partial charge is 0.310 e. The van der Waals surface area contributed by atoms with E-state index in [0.717, 1.165) is 43.1 Å². The van der Waals surface area contributed by atoms with Crippen molar-refractivity contribution in [3.05, 3.63) is 49.8 Å². The van der Waals surface area contributed by atoms with Crippen molar-refractivity contribution in [3.63, 3.8) is 0 Å². The van der Waals surface area contributed by atoms with Gasteiger partial charge in [-0.15, -0.1) is 0 Å². The van der Waals surface area contributed by atoms with Crippen LogP contribution in [0.1, 0.15) is 43.4 Å². The van der Waals surface area contributed by atoms with Crippen molar-refractivity contribution in [2.75, 3.05) is 6.54 Å². The molecular formula is C16H21N3OS. The number of rotatable bonds is 2. The zero-order chi connectivity index (χ0) is 15.0. The minimum atomic E-state index is -0.135. The van der Waals surface area contributed by atoms with Crippen LogP contribution in [0.4, 0.5) is 0 Å². The van der Waals surface area contributed by atoms with E-state index in [4.69, 9.17) is 4.98 Å². The number of thiophene rings is 1. The van der Waals surface area contributed by atoms with E-state index in [2.05, 4.69) is 47.5 Å². The highest BCUT2D eigenvalue weighted by Gasteiger charge is 2.24. The molecule has 2 aromatic rings. The Morgan fingerprint density at radius 3 is 2.90 bits per heavy atom. The molecule has 2 aromatic heterocycles. The van der Waals surface area contributed by atoms with Gasteiger partial charge in [-0.05, 0) is 28.8 Å². The molecule has 0 fully saturated rings. The van der Waals surface area contributed by atoms with Crippen LogP contribution in [0.2, 0.25) is 0 Å². The minimum Gasteiger partial charge on any atom is -0.310 e. The van der Waals surface area contributed by atoms with Gasteiger partial charge in [0.2, 0.25) is 0 Å². The SMILES string of the molecule is CC(C)(C)c1nc2c(c(=O)[nH]1)CCN(Cc1ccsc1)C2. The van der Waals surface area contributed by atoms with Gasteiger partial charge < -0.3 is 4.98 Å². The van der Waals surface area contributed by atoms with Crippen LogP contribution in [0.15, 0.2) is 21.6 Å². The Bertz CT molecular complexity index is 683. The van der Waals surface area contributed by atoms with Gasteiger partial charge in [0, 0.05) is 30.6 Å². The first-order valence-electron chi connectivity index (χ1n) is 7.29. The average Bonchev–Trinajstić information content (AvgIpc) is 2.90. The Morgan fingerprint density at radius 2 is 2.24 bits per heavy atom. The van der Waals surface area contributed by atoms with Gasteiger partial charge in [0.05, 0.1) is 5.69 Å². The molecule has 1 aliphatic rings. The molecular weight excluding hydrogens is 282 g/mol. The first-order valence-corrected chi connectivity index (χ1v) is 8.24. The molecule has 0 saturated heterocycles. The zero-order valence-corrected chi connectivity index (χ0v) is 13.6. The molecule has 1 aliphatic heterocycles. The molecule has 3 heterocycles. The molecule has 5 heteroatoms. The summed E-state index contributed by atoms with van der Waals surface area (Å²) in [5.74, 6) is 0.781. The third-order valence-corrected chi connectivity index (χ3v) is 4.58. The summed E-state index contributed by atoms with van der Waals surface area (Å²) in [7, 11) is 0. The highest BCUT2D eigenvalue weighted by molar-refractivity contribution is 7.07. The lowest BCUT2D eigenvalue weighted by atomic mass is 9.95. The summed E-state index contributed by atoms with van der Waals surface area (Å²) >= 11 is 1.72. The lowest BCUT2D eigenvalue weighted by molar-refractivity contribution is 0.239. The van der Waals surface area contributed by atoms with Gasteiger partial charge in [0.15, 0.2) is 0 Å². The van der Waals surface area contributed by atoms with Crippen LogP contribution in [0.5, 0.6) is 0 Å². The topological polar surface area (TPSA) is 49.0 Å². The Labute approximate surface area is 128 Å². The third kappa shape index (κ3) is 3.09. The molecule has 0 radical (unpaired) electrons. The molecule has 0 bridgehead atoms. The van der Waals surface area contributed by atoms with E-state index in [-0.39, 0.29) is 11.0 Å². The van der Waals surface area contributed by atoms with Gasteiger partial charge in [0.25, 0.3) is 5.56 Å². The summed E-state index contributed by atoms with van der Waals surface area (Å²) in [5.41, 5.74) is 3.06. The van der Waals surface area contributed by atoms with Gasteiger partial charge in [-0.3, -0.25) is 9.69 Å². The van der Waals surface area contributed by atoms with Crippen molar-refractivity contribution in [1.82, 2.24) is 14.9 Å². The normalized spacial score (nSPS) is 16.0. The highest BCUT2D eigenvalue weighted by atomic mass is 32.1. The van der Waals surface area contributed by atoms with Crippen molar-refractivity contribution in [2.24, 2.45) is 0 Å². The molecule has 1 N–H and O–H groups in total. The number of hydrogen-bond donors (Lipinski definition) is 1. The molecule has 4 nitrogen and oxygen atoms in total. The fourth-order valence-corrected chi connectivity index (χ4v) is 3.28. The number of aromatic nitrogens is 2. The minimum absolute atomic E-state index is 0.0418. The first kappa shape index (κ1) is 14.5. The van der Waals surface area contributed by atoms with Gasteiger partial charge in [-0.2, -0.15) is 11.3 Å². The molecule has 0 spiro atoms. The van der Waals surface area contributed by atoms with E-state index in [1.54, 1.807) is 11.3 Å². The van der Waals surface area contributed by atoms with E-state index < -0.39 is 0 Å². The van der Waals surface area contributed by atoms with E-state index >= 15 is 0 Å². The van der Waals surface area contributed by atoms with Gasteiger partial charge >= 0.3 is 0 Å². The molecule has 112 valence electrons. The third-order valence-electron chi connectivity index (χ3n) is 3.85. The summed E-state index contributed by atoms with van der Waals surface area (Å²) in [4.78, 5) is 22.3. The lowest BCUT2D eigenvalue weighted by Gasteiger charge is -2.28. The van der Waals surface area contributed by atoms with Crippen LogP contribution in [-0.4, -0.2) is 21.4 Å². The lowest BCUT2D eigenvalue weighted by Crippen LogP contribution is -2.36. The molecule has 0 atom stereocenters. The van der Waals surface area contributed by atoms with Crippen molar-refractivity contribution < 1.29 is 0 Å². The van der Waals surface area contributed by atoms with Crippen LogP contribution in [0.3, 0.4) is 0 Å². The van der Waals surface area contributed by atoms with E-state index in [1.165, 1.54) is 5.56 Å². The summed E-state index contributed by atoms with van der Waals surface area (Å²) in [5, 5.41) is 4.29. The quantitative estimate of drug-likeness (QED) is 0.928. The fraction of sp³-hybridized carbons (Fsp3) is 0.500. The van der Waals surface area contributed by atoms with Crippen LogP contribution >= 0.6 is 11.3 Å². The number of hydrogen-bond acceptors (Lipinski definition) is 4. The van der Waals surface area contributed by atoms with Gasteiger partial charge in [-0.25, -0.2) is 4.98 Å². The predicted octanol–water partition coefficient (Wildman–Crippen LogP) is 2.69. The van der Waals surface area contributed by atoms with E-state index in [0.29, 0.717) is 0 Å². The van der Waals surface area contributed by atoms with Crippen LogP contribution in [-0.2, 0) is 24.9 Å². The van der Waals surface area contributed by atoms with Crippen molar-refractivity contribution in [1.29, 1.82) is 0 Å². The molecule has 0 unspecified atom stereocenters. The molecule has 0 aromatic carbocycles. The first-order chi connectivity index (χ1) is 9.93. The summed E-state index contributed by atoms with van der Waals surface area (Å²) in [6, 6.07) is 2.16. The second-order valence-corrected chi connectivity index (χ2v) is 7.46. The number of aromatic amines is 1. The number of nitrogens with zero attached hydrogens (tertiary/aromatic N) is 2. The maximum Gasteiger partial charge on any atom is 0.254 e. The summed E-state index contributed by atoms with van der Waals surface area (Å²) < 4.78 is 0. The Hall–Kier alpha value is -1.46. The Morgan fingerprint density at radius 1 is 1.43 bits per heavy atom. The van der Waals surface area contributed by atoms with Crippen molar-refractivity contribution in [2.45, 2.75) is 45.7 Å². The number of H-pyrrole nitrogens is 1. The zero-order valence-electron chi connectivity index (χ0n) is 12.8. The standard InChI is InChI=1S/C16H21N3OS/c1-16(2,3)15-17-13-9-19(8-11-5-7-21-10-11)6-4-12(13)14(20)18-15/h5,7,10H,4,6,8-9H2,1-3H3,(H,17,18,20). The van der Waals surface area contributed by atoms with E-state index in [1.807, 2.05) is 0 Å². The molecule has 0 aliphatic carbocycles. The maximum atomic E-state index is 12.2. The second-order valence-electron chi connectivity index (χ2n) is 6.68. The van der Waals surface area contributed by atoms with Crippen LogP contribution in [0.25, 0.3) is 0 Å². The number of fused-ring (bicyclic) bond motifs is 1. The Balaban J connectivity index is 1.87. The molecule has 0 saturated carbocycles. The molecule has 0 amide bonds. The van der Waals surface area contributed by atoms with Crippen molar-refractivity contribution >= 4 is 11.3 Å². The number of nitrogens with one attached hydrogen (secondary N) is 1. The van der Waals surface area contributed by atoms with E-state index in [9.17, 15) is 4.79 Å². The molecule has 3 rings (SSSR count). The highest BCUT2D eigenvalue weighted by Crippen LogP contribution is 2.21. The van der Waals surface area contributed by atoms with Crippen LogP contribution in [0, 0.1) is 0 Å². The maximum absolute atomic E-state index is 12.2. The Kier molecular flexibility index (Phi) is 3.71. The summed E-state index contributed by atoms with van der Waals surface area (Å²) in [6.45, 7) is 8.83.